The standard InChI is InChI=1S/C15H15BrN4S/c1-15(2,14-18-5-6-21-14)20-12-4-3-11(17)10-7-9(16)8-19-13(10)12/h3-8,20H,17H2,1-2H3. The number of fused-ring (bicyclic) bond motifs is 1. The molecule has 3 rings (SSSR count). The van der Waals surface area contributed by atoms with Crippen molar-refractivity contribution in [1.82, 2.24) is 9.97 Å². The van der Waals surface area contributed by atoms with Crippen molar-refractivity contribution >= 4 is 49.5 Å². The number of nitrogens with one attached hydrogen (secondary N) is 1. The predicted molar refractivity (Wildman–Crippen MR) is 92.6 cm³/mol. The zero-order valence-corrected chi connectivity index (χ0v) is 14.1. The average Bonchev–Trinajstić information content (AvgIpc) is 2.97. The molecule has 2 heterocycles. The summed E-state index contributed by atoms with van der Waals surface area (Å²) in [6, 6.07) is 5.85. The smallest absolute Gasteiger partial charge is 0.117 e. The first kappa shape index (κ1) is 14.3. The summed E-state index contributed by atoms with van der Waals surface area (Å²) in [7, 11) is 0. The molecule has 0 bridgehead atoms. The molecule has 3 aromatic rings. The number of hydrogen-bond acceptors (Lipinski definition) is 5. The molecule has 0 radical (unpaired) electrons. The largest absolute Gasteiger partial charge is 0.398 e. The zero-order chi connectivity index (χ0) is 15.0. The Hall–Kier alpha value is -1.66. The number of nitrogen functional groups attached to an aromatic ring is 1. The van der Waals surface area contributed by atoms with Crippen molar-refractivity contribution in [2.75, 3.05) is 11.1 Å². The van der Waals surface area contributed by atoms with E-state index in [0.717, 1.165) is 31.8 Å². The van der Waals surface area contributed by atoms with Gasteiger partial charge < -0.3 is 11.1 Å². The van der Waals surface area contributed by atoms with Gasteiger partial charge in [-0.05, 0) is 48.0 Å². The fraction of sp³-hybridized carbons (Fsp3) is 0.200. The van der Waals surface area contributed by atoms with Gasteiger partial charge in [-0.25, -0.2) is 4.98 Å². The van der Waals surface area contributed by atoms with Gasteiger partial charge in [-0.15, -0.1) is 11.3 Å². The van der Waals surface area contributed by atoms with E-state index < -0.39 is 0 Å². The lowest BCUT2D eigenvalue weighted by Crippen LogP contribution is -2.27. The molecule has 0 atom stereocenters. The van der Waals surface area contributed by atoms with Crippen LogP contribution >= 0.6 is 27.3 Å². The zero-order valence-electron chi connectivity index (χ0n) is 11.7. The first-order valence-electron chi connectivity index (χ1n) is 6.49. The Morgan fingerprint density at radius 1 is 1.29 bits per heavy atom. The van der Waals surface area contributed by atoms with Gasteiger partial charge in [0.15, 0.2) is 0 Å². The number of aromatic nitrogens is 2. The summed E-state index contributed by atoms with van der Waals surface area (Å²) in [6.07, 6.45) is 3.60. The second-order valence-electron chi connectivity index (χ2n) is 5.34. The number of pyridine rings is 1. The number of hydrogen-bond donors (Lipinski definition) is 2. The number of nitrogens with zero attached hydrogens (tertiary/aromatic N) is 2. The molecule has 3 N–H and O–H groups in total. The van der Waals surface area contributed by atoms with Crippen molar-refractivity contribution in [3.8, 4) is 0 Å². The highest BCUT2D eigenvalue weighted by molar-refractivity contribution is 9.10. The van der Waals surface area contributed by atoms with Crippen molar-refractivity contribution < 1.29 is 0 Å². The van der Waals surface area contributed by atoms with E-state index in [9.17, 15) is 0 Å². The van der Waals surface area contributed by atoms with E-state index in [-0.39, 0.29) is 5.54 Å². The molecule has 0 aliphatic rings. The molecule has 0 unspecified atom stereocenters. The molecule has 0 amide bonds. The minimum Gasteiger partial charge on any atom is -0.398 e. The Morgan fingerprint density at radius 3 is 2.81 bits per heavy atom. The summed E-state index contributed by atoms with van der Waals surface area (Å²) in [6.45, 7) is 4.21. The third-order valence-electron chi connectivity index (χ3n) is 3.26. The Bertz CT molecular complexity index is 784. The van der Waals surface area contributed by atoms with Crippen LogP contribution in [0, 0.1) is 0 Å². The van der Waals surface area contributed by atoms with E-state index in [0.29, 0.717) is 0 Å². The fourth-order valence-electron chi connectivity index (χ4n) is 2.24. The van der Waals surface area contributed by atoms with E-state index in [1.165, 1.54) is 0 Å². The highest BCUT2D eigenvalue weighted by atomic mass is 79.9. The van der Waals surface area contributed by atoms with E-state index >= 15 is 0 Å². The normalized spacial score (nSPS) is 11.8. The van der Waals surface area contributed by atoms with Crippen LogP contribution in [0.4, 0.5) is 11.4 Å². The Balaban J connectivity index is 2.07. The van der Waals surface area contributed by atoms with Gasteiger partial charge >= 0.3 is 0 Å². The summed E-state index contributed by atoms with van der Waals surface area (Å²) >= 11 is 5.07. The monoisotopic (exact) mass is 362 g/mol. The summed E-state index contributed by atoms with van der Waals surface area (Å²) in [5.41, 5.74) is 8.32. The lowest BCUT2D eigenvalue weighted by atomic mass is 10.0. The summed E-state index contributed by atoms with van der Waals surface area (Å²) in [5, 5.41) is 7.47. The van der Waals surface area contributed by atoms with Crippen molar-refractivity contribution in [3.63, 3.8) is 0 Å². The maximum absolute atomic E-state index is 6.05. The SMILES string of the molecule is CC(C)(Nc1ccc(N)c2cc(Br)cnc12)c1nccs1. The van der Waals surface area contributed by atoms with Crippen LogP contribution < -0.4 is 11.1 Å². The quantitative estimate of drug-likeness (QED) is 0.678. The molecule has 1 aromatic carbocycles. The number of rotatable bonds is 3. The number of thiazole rings is 1. The molecule has 0 saturated carbocycles. The summed E-state index contributed by atoms with van der Waals surface area (Å²) in [5.74, 6) is 0. The van der Waals surface area contributed by atoms with Crippen molar-refractivity contribution in [2.24, 2.45) is 0 Å². The summed E-state index contributed by atoms with van der Waals surface area (Å²) < 4.78 is 0.915. The fourth-order valence-corrected chi connectivity index (χ4v) is 3.29. The molecule has 21 heavy (non-hydrogen) atoms. The van der Waals surface area contributed by atoms with Crippen molar-refractivity contribution in [1.29, 1.82) is 0 Å². The van der Waals surface area contributed by atoms with E-state index in [1.807, 2.05) is 29.8 Å². The van der Waals surface area contributed by atoms with Crippen molar-refractivity contribution in [2.45, 2.75) is 19.4 Å². The highest BCUT2D eigenvalue weighted by Crippen LogP contribution is 2.33. The maximum atomic E-state index is 6.05. The molecule has 6 heteroatoms. The van der Waals surface area contributed by atoms with Gasteiger partial charge in [0.2, 0.25) is 0 Å². The molecule has 0 fully saturated rings. The van der Waals surface area contributed by atoms with Crippen LogP contribution in [-0.4, -0.2) is 9.97 Å². The van der Waals surface area contributed by atoms with Crippen LogP contribution in [0.3, 0.4) is 0 Å². The third kappa shape index (κ3) is 2.73. The van der Waals surface area contributed by atoms with Crippen LogP contribution in [-0.2, 0) is 5.54 Å². The third-order valence-corrected chi connectivity index (χ3v) is 4.79. The molecular formula is C15H15BrN4S. The summed E-state index contributed by atoms with van der Waals surface area (Å²) in [4.78, 5) is 8.90. The Kier molecular flexibility index (Phi) is 3.59. The topological polar surface area (TPSA) is 63.8 Å². The van der Waals surface area contributed by atoms with Crippen LogP contribution in [0.15, 0.2) is 40.4 Å². The minimum atomic E-state index is -0.272. The molecule has 0 aliphatic heterocycles. The van der Waals surface area contributed by atoms with Gasteiger partial charge in [0.25, 0.3) is 0 Å². The minimum absolute atomic E-state index is 0.272. The van der Waals surface area contributed by atoms with Gasteiger partial charge in [0.1, 0.15) is 5.01 Å². The molecule has 2 aromatic heterocycles. The molecule has 0 spiro atoms. The van der Waals surface area contributed by atoms with Crippen LogP contribution in [0.2, 0.25) is 0 Å². The van der Waals surface area contributed by atoms with Gasteiger partial charge in [0.05, 0.1) is 16.7 Å². The average molecular weight is 363 g/mol. The van der Waals surface area contributed by atoms with Crippen LogP contribution in [0.25, 0.3) is 10.9 Å². The molecule has 108 valence electrons. The van der Waals surface area contributed by atoms with Crippen LogP contribution in [0.1, 0.15) is 18.9 Å². The number of anilines is 2. The number of benzene rings is 1. The lowest BCUT2D eigenvalue weighted by molar-refractivity contribution is 0.605. The van der Waals surface area contributed by atoms with Gasteiger partial charge in [-0.3, -0.25) is 4.98 Å². The maximum Gasteiger partial charge on any atom is 0.117 e. The predicted octanol–water partition coefficient (Wildman–Crippen LogP) is 4.38. The van der Waals surface area contributed by atoms with Gasteiger partial charge in [-0.2, -0.15) is 0 Å². The van der Waals surface area contributed by atoms with Gasteiger partial charge in [-0.1, -0.05) is 0 Å². The molecule has 4 nitrogen and oxygen atoms in total. The molecule has 0 aliphatic carbocycles. The number of nitrogens with two attached hydrogens (primary N) is 1. The second-order valence-corrected chi connectivity index (χ2v) is 7.15. The Morgan fingerprint density at radius 2 is 2.10 bits per heavy atom. The molecular weight excluding hydrogens is 348 g/mol. The first-order chi connectivity index (χ1) is 9.97. The van der Waals surface area contributed by atoms with E-state index in [2.05, 4.69) is 45.1 Å². The number of halogens is 1. The van der Waals surface area contributed by atoms with E-state index in [4.69, 9.17) is 5.73 Å². The van der Waals surface area contributed by atoms with Gasteiger partial charge in [0, 0.05) is 33.3 Å². The van der Waals surface area contributed by atoms with Crippen molar-refractivity contribution in [3.05, 3.63) is 45.5 Å². The first-order valence-corrected chi connectivity index (χ1v) is 8.16. The van der Waals surface area contributed by atoms with E-state index in [1.54, 1.807) is 17.5 Å². The Labute approximate surface area is 135 Å². The highest BCUT2D eigenvalue weighted by Gasteiger charge is 2.24. The van der Waals surface area contributed by atoms with Crippen LogP contribution in [0.5, 0.6) is 0 Å². The lowest BCUT2D eigenvalue weighted by Gasteiger charge is -2.26. The molecule has 0 saturated heterocycles. The second kappa shape index (κ2) is 5.27.